The van der Waals surface area contributed by atoms with Crippen LogP contribution in [-0.4, -0.2) is 36.0 Å². The molecular weight excluding hydrogens is 312 g/mol. The molecule has 7 nitrogen and oxygen atoms in total. The summed E-state index contributed by atoms with van der Waals surface area (Å²) in [6.45, 7) is 1.98. The summed E-state index contributed by atoms with van der Waals surface area (Å²) < 4.78 is 5.51. The van der Waals surface area contributed by atoms with Gasteiger partial charge in [0, 0.05) is 25.1 Å². The average Bonchev–Trinajstić information content (AvgIpc) is 2.47. The highest BCUT2D eigenvalue weighted by atomic mass is 16.5. The lowest BCUT2D eigenvalue weighted by atomic mass is 9.66. The van der Waals surface area contributed by atoms with Crippen LogP contribution in [0.2, 0.25) is 0 Å². The van der Waals surface area contributed by atoms with Gasteiger partial charge in [-0.3, -0.25) is 14.4 Å². The van der Waals surface area contributed by atoms with Crippen LogP contribution in [0.4, 0.5) is 5.69 Å². The maximum Gasteiger partial charge on any atom is 0.310 e. The molecule has 1 aliphatic carbocycles. The highest BCUT2D eigenvalue weighted by molar-refractivity contribution is 5.88. The summed E-state index contributed by atoms with van der Waals surface area (Å²) >= 11 is 0. The van der Waals surface area contributed by atoms with E-state index in [1.54, 1.807) is 24.3 Å². The molecule has 0 bridgehead atoms. The van der Waals surface area contributed by atoms with Crippen molar-refractivity contribution in [1.82, 2.24) is 5.32 Å². The SMILES string of the molecule is CC(=O)Nc1cccc(OCCNC(=O)CC2(C(=O)O)CCC2)c1. The van der Waals surface area contributed by atoms with Crippen LogP contribution < -0.4 is 15.4 Å². The van der Waals surface area contributed by atoms with Crippen LogP contribution in [-0.2, 0) is 14.4 Å². The lowest BCUT2D eigenvalue weighted by Crippen LogP contribution is -2.43. The lowest BCUT2D eigenvalue weighted by molar-refractivity contribution is -0.157. The second-order valence-electron chi connectivity index (χ2n) is 6.02. The van der Waals surface area contributed by atoms with Crippen molar-refractivity contribution < 1.29 is 24.2 Å². The molecule has 0 atom stereocenters. The number of ether oxygens (including phenoxy) is 1. The van der Waals surface area contributed by atoms with Gasteiger partial charge in [0.1, 0.15) is 12.4 Å². The molecule has 24 heavy (non-hydrogen) atoms. The molecule has 0 spiro atoms. The zero-order valence-electron chi connectivity index (χ0n) is 13.6. The van der Waals surface area contributed by atoms with Crippen molar-refractivity contribution in [2.75, 3.05) is 18.5 Å². The Morgan fingerprint density at radius 2 is 2.04 bits per heavy atom. The van der Waals surface area contributed by atoms with Gasteiger partial charge >= 0.3 is 5.97 Å². The maximum atomic E-state index is 11.9. The Morgan fingerprint density at radius 1 is 1.29 bits per heavy atom. The molecule has 2 rings (SSSR count). The summed E-state index contributed by atoms with van der Waals surface area (Å²) in [4.78, 5) is 34.1. The van der Waals surface area contributed by atoms with Crippen molar-refractivity contribution in [2.24, 2.45) is 5.41 Å². The Labute approximate surface area is 140 Å². The third-order valence-electron chi connectivity index (χ3n) is 4.11. The van der Waals surface area contributed by atoms with E-state index in [9.17, 15) is 19.5 Å². The third-order valence-corrected chi connectivity index (χ3v) is 4.11. The predicted molar refractivity (Wildman–Crippen MR) is 87.8 cm³/mol. The van der Waals surface area contributed by atoms with E-state index in [2.05, 4.69) is 10.6 Å². The van der Waals surface area contributed by atoms with E-state index in [-0.39, 0.29) is 24.8 Å². The number of carboxylic acids is 1. The van der Waals surface area contributed by atoms with Gasteiger partial charge in [-0.05, 0) is 25.0 Å². The van der Waals surface area contributed by atoms with Crippen LogP contribution in [0.3, 0.4) is 0 Å². The van der Waals surface area contributed by atoms with Gasteiger partial charge in [0.25, 0.3) is 0 Å². The van der Waals surface area contributed by atoms with E-state index in [1.165, 1.54) is 6.92 Å². The number of nitrogens with one attached hydrogen (secondary N) is 2. The van der Waals surface area contributed by atoms with E-state index in [0.29, 0.717) is 30.8 Å². The van der Waals surface area contributed by atoms with Crippen LogP contribution >= 0.6 is 0 Å². The summed E-state index contributed by atoms with van der Waals surface area (Å²) in [5.41, 5.74) is -0.241. The molecule has 0 aliphatic heterocycles. The molecule has 1 aromatic carbocycles. The van der Waals surface area contributed by atoms with Crippen molar-refractivity contribution in [1.29, 1.82) is 0 Å². The highest BCUT2D eigenvalue weighted by Crippen LogP contribution is 2.44. The molecule has 7 heteroatoms. The average molecular weight is 334 g/mol. The first-order chi connectivity index (χ1) is 11.4. The number of anilines is 1. The number of aliphatic carboxylic acids is 1. The summed E-state index contributed by atoms with van der Waals surface area (Å²) in [6.07, 6.45) is 1.98. The van der Waals surface area contributed by atoms with Gasteiger partial charge in [0.05, 0.1) is 12.0 Å². The van der Waals surface area contributed by atoms with Crippen molar-refractivity contribution in [2.45, 2.75) is 32.6 Å². The van der Waals surface area contributed by atoms with Gasteiger partial charge in [-0.1, -0.05) is 12.5 Å². The number of hydrogen-bond acceptors (Lipinski definition) is 4. The van der Waals surface area contributed by atoms with Gasteiger partial charge in [-0.15, -0.1) is 0 Å². The Bertz CT molecular complexity index is 625. The molecule has 1 saturated carbocycles. The zero-order chi connectivity index (χ0) is 17.6. The van der Waals surface area contributed by atoms with Gasteiger partial charge in [0.2, 0.25) is 11.8 Å². The first kappa shape index (κ1) is 17.8. The zero-order valence-corrected chi connectivity index (χ0v) is 13.6. The first-order valence-electron chi connectivity index (χ1n) is 7.92. The molecule has 3 N–H and O–H groups in total. The van der Waals surface area contributed by atoms with Crippen LogP contribution in [0.25, 0.3) is 0 Å². The molecule has 1 fully saturated rings. The first-order valence-corrected chi connectivity index (χ1v) is 7.92. The Kier molecular flexibility index (Phi) is 5.78. The van der Waals surface area contributed by atoms with Crippen LogP contribution in [0.15, 0.2) is 24.3 Å². The Hall–Kier alpha value is -2.57. The second kappa shape index (κ2) is 7.81. The van der Waals surface area contributed by atoms with Crippen molar-refractivity contribution in [3.63, 3.8) is 0 Å². The van der Waals surface area contributed by atoms with Crippen molar-refractivity contribution in [3.05, 3.63) is 24.3 Å². The lowest BCUT2D eigenvalue weighted by Gasteiger charge is -2.36. The summed E-state index contributed by atoms with van der Waals surface area (Å²) in [5.74, 6) is -0.748. The minimum atomic E-state index is -0.894. The molecule has 0 unspecified atom stereocenters. The minimum absolute atomic E-state index is 0.0142. The smallest absolute Gasteiger partial charge is 0.310 e. The largest absolute Gasteiger partial charge is 0.492 e. The van der Waals surface area contributed by atoms with Gasteiger partial charge in [0.15, 0.2) is 0 Å². The summed E-state index contributed by atoms with van der Waals surface area (Å²) in [6, 6.07) is 6.95. The van der Waals surface area contributed by atoms with Crippen LogP contribution in [0.1, 0.15) is 32.6 Å². The maximum absolute atomic E-state index is 11.9. The van der Waals surface area contributed by atoms with Crippen molar-refractivity contribution in [3.8, 4) is 5.75 Å². The van der Waals surface area contributed by atoms with Gasteiger partial charge < -0.3 is 20.5 Å². The number of amides is 2. The van der Waals surface area contributed by atoms with E-state index in [0.717, 1.165) is 6.42 Å². The van der Waals surface area contributed by atoms with Crippen LogP contribution in [0, 0.1) is 5.41 Å². The third kappa shape index (κ3) is 4.71. The topological polar surface area (TPSA) is 105 Å². The van der Waals surface area contributed by atoms with Gasteiger partial charge in [-0.25, -0.2) is 0 Å². The van der Waals surface area contributed by atoms with E-state index >= 15 is 0 Å². The molecular formula is C17H22N2O5. The number of hydrogen-bond donors (Lipinski definition) is 3. The van der Waals surface area contributed by atoms with Gasteiger partial charge in [-0.2, -0.15) is 0 Å². The van der Waals surface area contributed by atoms with Crippen LogP contribution in [0.5, 0.6) is 5.75 Å². The Balaban J connectivity index is 1.72. The molecule has 1 aliphatic rings. The van der Waals surface area contributed by atoms with Crippen molar-refractivity contribution >= 4 is 23.5 Å². The fraction of sp³-hybridized carbons (Fsp3) is 0.471. The Morgan fingerprint density at radius 3 is 2.62 bits per heavy atom. The number of carbonyl (C=O) groups is 3. The fourth-order valence-electron chi connectivity index (χ4n) is 2.67. The molecule has 0 saturated heterocycles. The number of carbonyl (C=O) groups excluding carboxylic acids is 2. The highest BCUT2D eigenvalue weighted by Gasteiger charge is 2.45. The molecule has 1 aromatic rings. The molecule has 0 radical (unpaired) electrons. The van der Waals surface area contributed by atoms with E-state index in [1.807, 2.05) is 0 Å². The fourth-order valence-corrected chi connectivity index (χ4v) is 2.67. The summed E-state index contributed by atoms with van der Waals surface area (Å²) in [5, 5.41) is 14.5. The monoisotopic (exact) mass is 334 g/mol. The quantitative estimate of drug-likeness (QED) is 0.629. The standard InChI is InChI=1S/C17H22N2O5/c1-12(20)19-13-4-2-5-14(10-13)24-9-8-18-15(21)11-17(16(22)23)6-3-7-17/h2,4-5,10H,3,6-9,11H2,1H3,(H,18,21)(H,19,20)(H,22,23). The molecule has 130 valence electrons. The molecule has 0 heterocycles. The molecule has 2 amide bonds. The van der Waals surface area contributed by atoms with E-state index in [4.69, 9.17) is 4.74 Å². The number of benzene rings is 1. The predicted octanol–water partition coefficient (Wildman–Crippen LogP) is 1.78. The minimum Gasteiger partial charge on any atom is -0.492 e. The second-order valence-corrected chi connectivity index (χ2v) is 6.02. The number of rotatable bonds is 8. The van der Waals surface area contributed by atoms with E-state index < -0.39 is 11.4 Å². The summed E-state index contributed by atoms with van der Waals surface area (Å²) in [7, 11) is 0. The normalized spacial score (nSPS) is 15.0. The number of carboxylic acid groups (broad SMARTS) is 1. The molecule has 0 aromatic heterocycles.